The highest BCUT2D eigenvalue weighted by Gasteiger charge is 2.29. The van der Waals surface area contributed by atoms with Crippen molar-refractivity contribution in [1.29, 1.82) is 0 Å². The number of carbonyl (C=O) groups is 2. The minimum atomic E-state index is -3.64. The molecule has 38 heavy (non-hydrogen) atoms. The molecular weight excluding hydrogens is 615 g/mol. The summed E-state index contributed by atoms with van der Waals surface area (Å²) in [7, 11) is -1.60. The predicted molar refractivity (Wildman–Crippen MR) is 157 cm³/mol. The Bertz CT molecular complexity index is 1580. The molecule has 198 valence electrons. The SMILES string of the molecule is Cc1[nH]c(/C=C2\C(=O)Nc3ccc(S(=O)(=O)Cc4ccccc4I)cc32)c(C)c1C(=O)N1CCN(C)CC1. The Kier molecular flexibility index (Phi) is 7.23. The van der Waals surface area contributed by atoms with Gasteiger partial charge >= 0.3 is 0 Å². The van der Waals surface area contributed by atoms with Crippen LogP contribution in [0.15, 0.2) is 47.4 Å². The quantitative estimate of drug-likeness (QED) is 0.322. The molecule has 0 saturated carbocycles. The normalized spacial score (nSPS) is 17.1. The third-order valence-electron chi connectivity index (χ3n) is 7.21. The van der Waals surface area contributed by atoms with Crippen LogP contribution in [-0.2, 0) is 20.4 Å². The molecule has 0 radical (unpaired) electrons. The molecule has 0 spiro atoms. The maximum absolute atomic E-state index is 13.3. The van der Waals surface area contributed by atoms with Gasteiger partial charge in [0.15, 0.2) is 9.84 Å². The third kappa shape index (κ3) is 5.04. The fraction of sp³-hybridized carbons (Fsp3) is 0.286. The molecule has 8 nitrogen and oxygen atoms in total. The van der Waals surface area contributed by atoms with Crippen LogP contribution in [0.4, 0.5) is 5.69 Å². The highest BCUT2D eigenvalue weighted by molar-refractivity contribution is 14.1. The third-order valence-corrected chi connectivity index (χ3v) is 9.92. The first-order chi connectivity index (χ1) is 18.0. The smallest absolute Gasteiger partial charge is 0.256 e. The lowest BCUT2D eigenvalue weighted by molar-refractivity contribution is -0.110. The summed E-state index contributed by atoms with van der Waals surface area (Å²) in [6.45, 7) is 6.73. The number of sulfone groups is 1. The van der Waals surface area contributed by atoms with Crippen molar-refractivity contribution in [2.45, 2.75) is 24.5 Å². The monoisotopic (exact) mass is 644 g/mol. The molecule has 5 rings (SSSR count). The van der Waals surface area contributed by atoms with E-state index in [0.717, 1.165) is 33.5 Å². The Labute approximate surface area is 236 Å². The first-order valence-corrected chi connectivity index (χ1v) is 15.1. The van der Waals surface area contributed by atoms with E-state index in [1.165, 1.54) is 6.07 Å². The first-order valence-electron chi connectivity index (χ1n) is 12.4. The van der Waals surface area contributed by atoms with Crippen molar-refractivity contribution < 1.29 is 18.0 Å². The number of amides is 2. The fourth-order valence-electron chi connectivity index (χ4n) is 4.96. The molecular formula is C28H29IN4O4S. The van der Waals surface area contributed by atoms with Crippen molar-refractivity contribution in [3.63, 3.8) is 0 Å². The number of hydrogen-bond acceptors (Lipinski definition) is 5. The van der Waals surface area contributed by atoms with Crippen LogP contribution in [0.25, 0.3) is 11.6 Å². The summed E-state index contributed by atoms with van der Waals surface area (Å²) in [5.41, 5.74) is 4.96. The maximum Gasteiger partial charge on any atom is 0.256 e. The van der Waals surface area contributed by atoms with Gasteiger partial charge in [-0.3, -0.25) is 9.59 Å². The van der Waals surface area contributed by atoms with E-state index in [4.69, 9.17) is 0 Å². The Hall–Kier alpha value is -2.96. The molecule has 10 heteroatoms. The van der Waals surface area contributed by atoms with Crippen LogP contribution >= 0.6 is 22.6 Å². The number of aryl methyl sites for hydroxylation is 1. The Morgan fingerprint density at radius 2 is 1.79 bits per heavy atom. The summed E-state index contributed by atoms with van der Waals surface area (Å²) in [5, 5.41) is 2.83. The Morgan fingerprint density at radius 3 is 2.50 bits per heavy atom. The van der Waals surface area contributed by atoms with Gasteiger partial charge in [0.25, 0.3) is 11.8 Å². The van der Waals surface area contributed by atoms with Gasteiger partial charge in [0.05, 0.1) is 21.8 Å². The zero-order valence-electron chi connectivity index (χ0n) is 21.5. The summed E-state index contributed by atoms with van der Waals surface area (Å²) in [5.74, 6) is -0.460. The Morgan fingerprint density at radius 1 is 1.08 bits per heavy atom. The van der Waals surface area contributed by atoms with Gasteiger partial charge in [0.2, 0.25) is 0 Å². The second kappa shape index (κ2) is 10.3. The van der Waals surface area contributed by atoms with Crippen molar-refractivity contribution in [3.8, 4) is 0 Å². The number of nitrogens with one attached hydrogen (secondary N) is 2. The molecule has 2 aromatic carbocycles. The summed E-state index contributed by atoms with van der Waals surface area (Å²) in [6.07, 6.45) is 1.71. The number of H-pyrrole nitrogens is 1. The topological polar surface area (TPSA) is 103 Å². The number of aromatic nitrogens is 1. The van der Waals surface area contributed by atoms with Crippen LogP contribution in [-0.4, -0.2) is 68.2 Å². The van der Waals surface area contributed by atoms with Crippen molar-refractivity contribution in [2.75, 3.05) is 38.5 Å². The van der Waals surface area contributed by atoms with Crippen LogP contribution in [0, 0.1) is 17.4 Å². The summed E-state index contributed by atoms with van der Waals surface area (Å²) in [4.78, 5) is 33.7. The van der Waals surface area contributed by atoms with Gasteiger partial charge in [-0.2, -0.15) is 0 Å². The number of likely N-dealkylation sites (N-methyl/N-ethyl adjacent to an activating group) is 1. The summed E-state index contributed by atoms with van der Waals surface area (Å²) < 4.78 is 27.4. The standard InChI is InChI=1S/C28H29IN4O4S/c1-17-25(30-18(2)26(17)28(35)33-12-10-32(3)11-13-33)15-22-21-14-20(8-9-24(21)31-27(22)34)38(36,37)16-19-6-4-5-7-23(19)29/h4-9,14-15,30H,10-13,16H2,1-3H3,(H,31,34)/b22-15-. The van der Waals surface area contributed by atoms with E-state index in [9.17, 15) is 18.0 Å². The number of benzene rings is 2. The highest BCUT2D eigenvalue weighted by Crippen LogP contribution is 2.36. The molecule has 3 heterocycles. The van der Waals surface area contributed by atoms with Crippen molar-refractivity contribution >= 4 is 61.6 Å². The van der Waals surface area contributed by atoms with E-state index < -0.39 is 9.84 Å². The molecule has 2 amide bonds. The van der Waals surface area contributed by atoms with E-state index in [0.29, 0.717) is 41.2 Å². The molecule has 2 aliphatic rings. The number of carbonyl (C=O) groups excluding carboxylic acids is 2. The average molecular weight is 645 g/mol. The number of fused-ring (bicyclic) bond motifs is 1. The number of anilines is 1. The maximum atomic E-state index is 13.3. The number of hydrogen-bond donors (Lipinski definition) is 2. The summed E-state index contributed by atoms with van der Waals surface area (Å²) >= 11 is 2.13. The number of nitrogens with zero attached hydrogens (tertiary/aromatic N) is 2. The van der Waals surface area contributed by atoms with Crippen LogP contribution in [0.5, 0.6) is 0 Å². The zero-order chi connectivity index (χ0) is 27.2. The molecule has 0 atom stereocenters. The molecule has 0 unspecified atom stereocenters. The number of piperazine rings is 1. The van der Waals surface area contributed by atoms with Gasteiger partial charge in [-0.05, 0) is 85.0 Å². The number of halogens is 1. The zero-order valence-corrected chi connectivity index (χ0v) is 24.4. The van der Waals surface area contributed by atoms with Gasteiger partial charge in [-0.1, -0.05) is 18.2 Å². The lowest BCUT2D eigenvalue weighted by atomic mass is 10.0. The van der Waals surface area contributed by atoms with Gasteiger partial charge < -0.3 is 20.1 Å². The second-order valence-corrected chi connectivity index (χ2v) is 13.0. The number of aromatic amines is 1. The van der Waals surface area contributed by atoms with E-state index in [1.54, 1.807) is 24.3 Å². The van der Waals surface area contributed by atoms with Crippen molar-refractivity contribution in [1.82, 2.24) is 14.8 Å². The van der Waals surface area contributed by atoms with Crippen LogP contribution in [0.2, 0.25) is 0 Å². The van der Waals surface area contributed by atoms with E-state index in [1.807, 2.05) is 44.0 Å². The largest absolute Gasteiger partial charge is 0.358 e. The molecule has 2 N–H and O–H groups in total. The predicted octanol–water partition coefficient (Wildman–Crippen LogP) is 4.09. The average Bonchev–Trinajstić information content (AvgIpc) is 3.34. The van der Waals surface area contributed by atoms with Gasteiger partial charge in [0.1, 0.15) is 0 Å². The van der Waals surface area contributed by atoms with E-state index in [-0.39, 0.29) is 22.5 Å². The van der Waals surface area contributed by atoms with Gasteiger partial charge in [0, 0.05) is 52.4 Å². The number of rotatable bonds is 5. The molecule has 1 saturated heterocycles. The molecule has 2 aliphatic heterocycles. The molecule has 0 aliphatic carbocycles. The Balaban J connectivity index is 1.48. The second-order valence-electron chi connectivity index (χ2n) is 9.83. The van der Waals surface area contributed by atoms with Crippen LogP contribution in [0.1, 0.15) is 38.4 Å². The van der Waals surface area contributed by atoms with Crippen molar-refractivity contribution in [2.24, 2.45) is 0 Å². The molecule has 0 bridgehead atoms. The minimum Gasteiger partial charge on any atom is -0.358 e. The van der Waals surface area contributed by atoms with E-state index >= 15 is 0 Å². The van der Waals surface area contributed by atoms with E-state index in [2.05, 4.69) is 37.8 Å². The van der Waals surface area contributed by atoms with Crippen molar-refractivity contribution in [3.05, 3.63) is 79.7 Å². The fourth-order valence-corrected chi connectivity index (χ4v) is 7.20. The molecule has 1 fully saturated rings. The molecule has 3 aromatic rings. The lowest BCUT2D eigenvalue weighted by Crippen LogP contribution is -2.47. The summed E-state index contributed by atoms with van der Waals surface area (Å²) in [6, 6.07) is 12.1. The van der Waals surface area contributed by atoms with Crippen LogP contribution < -0.4 is 5.32 Å². The first kappa shape index (κ1) is 26.6. The highest BCUT2D eigenvalue weighted by atomic mass is 127. The van der Waals surface area contributed by atoms with Gasteiger partial charge in [-0.25, -0.2) is 8.42 Å². The van der Waals surface area contributed by atoms with Crippen LogP contribution in [0.3, 0.4) is 0 Å². The minimum absolute atomic E-state index is 0.0193. The lowest BCUT2D eigenvalue weighted by Gasteiger charge is -2.32. The molecule has 1 aromatic heterocycles. The van der Waals surface area contributed by atoms with Gasteiger partial charge in [-0.15, -0.1) is 0 Å².